The van der Waals surface area contributed by atoms with Crippen LogP contribution >= 0.6 is 24.0 Å². The molecule has 0 aromatic carbocycles. The fourth-order valence-electron chi connectivity index (χ4n) is 0. The maximum Gasteiger partial charge on any atom is 2.00 e. The molecule has 0 saturated heterocycles. The molecule has 10 heavy (non-hydrogen) atoms. The van der Waals surface area contributed by atoms with E-state index in [4.69, 9.17) is 19.8 Å². The number of carboxylic acid groups (broad SMARTS) is 2. The van der Waals surface area contributed by atoms with Gasteiger partial charge in [-0.25, -0.2) is 0 Å². The quantitative estimate of drug-likeness (QED) is 0.388. The van der Waals surface area contributed by atoms with Crippen molar-refractivity contribution in [2.24, 2.45) is 0 Å². The van der Waals surface area contributed by atoms with Gasteiger partial charge in [0.2, 0.25) is 0 Å². The van der Waals surface area contributed by atoms with Gasteiger partial charge >= 0.3 is 16.5 Å². The molecule has 64 valence electrons. The van der Waals surface area contributed by atoms with Crippen LogP contribution in [-0.2, 0) is 26.1 Å². The summed E-state index contributed by atoms with van der Waals surface area (Å²) in [4.78, 5) is 17.8. The fourth-order valence-corrected chi connectivity index (χ4v) is 0. The number of hydrogen-bond acceptors (Lipinski definition) is 4. The van der Waals surface area contributed by atoms with Crippen LogP contribution in [0.2, 0.25) is 0 Å². The topological polar surface area (TPSA) is 80.3 Å². The van der Waals surface area contributed by atoms with Gasteiger partial charge in [-0.2, -0.15) is 0 Å². The maximum absolute atomic E-state index is 8.89. The van der Waals surface area contributed by atoms with Gasteiger partial charge in [-0.15, -0.1) is 24.0 Å². The van der Waals surface area contributed by atoms with Crippen LogP contribution in [0.5, 0.6) is 0 Å². The van der Waals surface area contributed by atoms with Gasteiger partial charge < -0.3 is 19.8 Å². The smallest absolute Gasteiger partial charge is 0.550 e. The molecule has 0 fully saturated rings. The molecule has 0 saturated carbocycles. The first-order chi connectivity index (χ1) is 3.46. The van der Waals surface area contributed by atoms with Crippen LogP contribution in [0.3, 0.4) is 0 Å². The molecule has 0 unspecified atom stereocenters. The Labute approximate surface area is 85.9 Å². The second-order valence-electron chi connectivity index (χ2n) is 0.983. The molecule has 0 bridgehead atoms. The van der Waals surface area contributed by atoms with Crippen LogP contribution in [-0.4, -0.2) is 11.9 Å². The van der Waals surface area contributed by atoms with Crippen molar-refractivity contribution in [3.8, 4) is 0 Å². The molecule has 0 radical (unpaired) electrons. The summed E-state index contributed by atoms with van der Waals surface area (Å²) >= 11 is 0. The largest absolute Gasteiger partial charge is 2.00 e. The number of carbonyl (C=O) groups excluding carboxylic acids is 2. The predicted octanol–water partition coefficient (Wildman–Crippen LogP) is -1.87. The standard InChI is InChI=1S/2C2H4O2.HI.Ni/c2*1-2(3)4;;/h2*1H3,(H,3,4);1H;/q;;;+2/p-2. The van der Waals surface area contributed by atoms with Gasteiger partial charge in [0.25, 0.3) is 0 Å². The van der Waals surface area contributed by atoms with Crippen molar-refractivity contribution in [2.75, 3.05) is 0 Å². The Bertz CT molecular complexity index is 75.3. The summed E-state index contributed by atoms with van der Waals surface area (Å²) in [5.74, 6) is -2.17. The molecule has 0 heterocycles. The number of carboxylic acids is 2. The van der Waals surface area contributed by atoms with Crippen LogP contribution in [0.15, 0.2) is 0 Å². The number of hydrogen-bond donors (Lipinski definition) is 0. The van der Waals surface area contributed by atoms with E-state index in [1.54, 1.807) is 0 Å². The zero-order chi connectivity index (χ0) is 7.15. The van der Waals surface area contributed by atoms with E-state index in [2.05, 4.69) is 0 Å². The molecule has 0 aliphatic carbocycles. The van der Waals surface area contributed by atoms with Gasteiger partial charge in [0.05, 0.1) is 0 Å². The molecule has 0 rings (SSSR count). The Balaban J connectivity index is -0.0000000300. The first kappa shape index (κ1) is 22.5. The summed E-state index contributed by atoms with van der Waals surface area (Å²) < 4.78 is 0. The monoisotopic (exact) mass is 304 g/mol. The molecule has 0 spiro atoms. The van der Waals surface area contributed by atoms with E-state index < -0.39 is 11.9 Å². The zero-order valence-corrected chi connectivity index (χ0v) is 8.68. The Morgan fingerprint density at radius 3 is 1.00 bits per heavy atom. The van der Waals surface area contributed by atoms with Gasteiger partial charge in [0, 0.05) is 11.9 Å². The van der Waals surface area contributed by atoms with Crippen molar-refractivity contribution in [1.82, 2.24) is 0 Å². The van der Waals surface area contributed by atoms with Crippen molar-refractivity contribution in [2.45, 2.75) is 13.8 Å². The summed E-state index contributed by atoms with van der Waals surface area (Å²) in [6.45, 7) is 1.94. The van der Waals surface area contributed by atoms with Crippen molar-refractivity contribution in [3.63, 3.8) is 0 Å². The van der Waals surface area contributed by atoms with Crippen LogP contribution in [0.4, 0.5) is 0 Å². The summed E-state index contributed by atoms with van der Waals surface area (Å²) in [5, 5.41) is 17.8. The summed E-state index contributed by atoms with van der Waals surface area (Å²) in [7, 11) is 0. The van der Waals surface area contributed by atoms with Gasteiger partial charge in [-0.05, 0) is 13.8 Å². The minimum atomic E-state index is -1.08. The minimum absolute atomic E-state index is 0. The van der Waals surface area contributed by atoms with E-state index in [0.717, 1.165) is 13.8 Å². The Kier molecular flexibility index (Phi) is 36.1. The minimum Gasteiger partial charge on any atom is -0.550 e. The molecule has 0 amide bonds. The first-order valence-corrected chi connectivity index (χ1v) is 1.82. The Morgan fingerprint density at radius 1 is 1.00 bits per heavy atom. The molecule has 0 N–H and O–H groups in total. The summed E-state index contributed by atoms with van der Waals surface area (Å²) in [5.41, 5.74) is 0. The Morgan fingerprint density at radius 2 is 1.00 bits per heavy atom. The van der Waals surface area contributed by atoms with Crippen molar-refractivity contribution in [3.05, 3.63) is 0 Å². The van der Waals surface area contributed by atoms with E-state index in [1.165, 1.54) is 0 Å². The Hall–Kier alpha value is 0.164. The second-order valence-corrected chi connectivity index (χ2v) is 0.983. The van der Waals surface area contributed by atoms with Gasteiger partial charge in [-0.3, -0.25) is 0 Å². The number of carbonyl (C=O) groups is 2. The van der Waals surface area contributed by atoms with Gasteiger partial charge in [0.1, 0.15) is 0 Å². The van der Waals surface area contributed by atoms with E-state index in [0.29, 0.717) is 0 Å². The van der Waals surface area contributed by atoms with E-state index in [9.17, 15) is 0 Å². The van der Waals surface area contributed by atoms with Crippen LogP contribution in [0.25, 0.3) is 0 Å². The predicted molar refractivity (Wildman–Crippen MR) is 36.8 cm³/mol. The van der Waals surface area contributed by atoms with Crippen molar-refractivity contribution < 1.29 is 36.3 Å². The van der Waals surface area contributed by atoms with Crippen molar-refractivity contribution in [1.29, 1.82) is 0 Å². The third-order valence-electron chi connectivity index (χ3n) is 0. The molecular weight excluding hydrogens is 298 g/mol. The summed E-state index contributed by atoms with van der Waals surface area (Å²) in [6.07, 6.45) is 0. The van der Waals surface area contributed by atoms with Crippen LogP contribution < -0.4 is 10.2 Å². The van der Waals surface area contributed by atoms with Crippen molar-refractivity contribution >= 4 is 35.9 Å². The zero-order valence-electron chi connectivity index (χ0n) is 5.36. The average molecular weight is 305 g/mol. The normalized spacial score (nSPS) is 5.00. The number of rotatable bonds is 0. The number of halogens is 1. The maximum atomic E-state index is 8.89. The third kappa shape index (κ3) is 15700. The van der Waals surface area contributed by atoms with E-state index >= 15 is 0 Å². The fraction of sp³-hybridized carbons (Fsp3) is 0.500. The third-order valence-corrected chi connectivity index (χ3v) is 0. The molecule has 0 aromatic rings. The molecule has 0 aromatic heterocycles. The molecule has 6 heteroatoms. The van der Waals surface area contributed by atoms with Gasteiger partial charge in [-0.1, -0.05) is 0 Å². The molecule has 0 aliphatic rings. The SMILES string of the molecule is CC(=O)[O-].CC(=O)[O-].I.[Ni+2]. The van der Waals surface area contributed by atoms with Crippen LogP contribution in [0.1, 0.15) is 13.8 Å². The molecule has 0 aliphatic heterocycles. The van der Waals surface area contributed by atoms with Crippen LogP contribution in [0, 0.1) is 0 Å². The second kappa shape index (κ2) is 16.1. The molecule has 4 nitrogen and oxygen atoms in total. The average Bonchev–Trinajstić information content (AvgIpc) is 1.25. The summed E-state index contributed by atoms with van der Waals surface area (Å²) in [6, 6.07) is 0. The molecule has 0 atom stereocenters. The van der Waals surface area contributed by atoms with Gasteiger partial charge in [0.15, 0.2) is 0 Å². The van der Waals surface area contributed by atoms with E-state index in [-0.39, 0.29) is 40.5 Å². The van der Waals surface area contributed by atoms with E-state index in [1.807, 2.05) is 0 Å². The number of aliphatic carboxylic acids is 2. The molecular formula is C4H7INiO4. The first-order valence-electron chi connectivity index (χ1n) is 1.82.